The second-order valence-corrected chi connectivity index (χ2v) is 5.67. The van der Waals surface area contributed by atoms with Crippen LogP contribution in [0.1, 0.15) is 27.6 Å². The van der Waals surface area contributed by atoms with E-state index in [1.165, 1.54) is 12.1 Å². The van der Waals surface area contributed by atoms with E-state index < -0.39 is 29.3 Å². The van der Waals surface area contributed by atoms with Crippen molar-refractivity contribution in [3.8, 4) is 11.5 Å². The molecular formula is C18H16F3NO4. The van der Waals surface area contributed by atoms with E-state index in [1.54, 1.807) is 18.2 Å². The van der Waals surface area contributed by atoms with E-state index in [4.69, 9.17) is 9.47 Å². The lowest BCUT2D eigenvalue weighted by molar-refractivity contribution is -0.137. The van der Waals surface area contributed by atoms with Crippen molar-refractivity contribution in [3.05, 3.63) is 59.2 Å². The molecule has 0 fully saturated rings. The van der Waals surface area contributed by atoms with Gasteiger partial charge in [0, 0.05) is 6.54 Å². The standard InChI is InChI=1S/C18H16F3NO4/c19-18(20,21)13-4-2-1-3-12(13)17(24)22-10-14(23)11-5-6-15-16(9-11)26-8-7-25-15/h1-6,9,14,23H,7-8,10H2,(H,22,24). The zero-order valence-electron chi connectivity index (χ0n) is 13.5. The molecule has 138 valence electrons. The Kier molecular flexibility index (Phi) is 5.03. The Morgan fingerprint density at radius 3 is 2.54 bits per heavy atom. The number of aliphatic hydroxyl groups is 1. The number of alkyl halides is 3. The fraction of sp³-hybridized carbons (Fsp3) is 0.278. The molecule has 3 rings (SSSR count). The molecule has 0 aliphatic carbocycles. The Balaban J connectivity index is 1.68. The SMILES string of the molecule is O=C(NCC(O)c1ccc2c(c1)OCCO2)c1ccccc1C(F)(F)F. The van der Waals surface area contributed by atoms with Crippen LogP contribution in [-0.2, 0) is 6.18 Å². The van der Waals surface area contributed by atoms with E-state index in [0.29, 0.717) is 30.3 Å². The van der Waals surface area contributed by atoms with Crippen LogP contribution in [0.25, 0.3) is 0 Å². The van der Waals surface area contributed by atoms with Crippen molar-refractivity contribution < 1.29 is 32.5 Å². The Labute approximate surface area is 147 Å². The molecule has 1 aliphatic heterocycles. The van der Waals surface area contributed by atoms with Crippen molar-refractivity contribution >= 4 is 5.91 Å². The summed E-state index contributed by atoms with van der Waals surface area (Å²) in [5.74, 6) is 0.117. The van der Waals surface area contributed by atoms with E-state index in [0.717, 1.165) is 12.1 Å². The quantitative estimate of drug-likeness (QED) is 0.872. The number of amides is 1. The summed E-state index contributed by atoms with van der Waals surface area (Å²) in [6, 6.07) is 9.31. The maximum absolute atomic E-state index is 13.0. The molecule has 0 radical (unpaired) electrons. The first-order chi connectivity index (χ1) is 12.4. The van der Waals surface area contributed by atoms with Gasteiger partial charge in [0.15, 0.2) is 11.5 Å². The highest BCUT2D eigenvalue weighted by Crippen LogP contribution is 2.33. The third-order valence-corrected chi connectivity index (χ3v) is 3.88. The normalized spacial score (nSPS) is 14.6. The van der Waals surface area contributed by atoms with Gasteiger partial charge >= 0.3 is 6.18 Å². The highest BCUT2D eigenvalue weighted by atomic mass is 19.4. The minimum atomic E-state index is -4.64. The van der Waals surface area contributed by atoms with Crippen molar-refractivity contribution in [1.82, 2.24) is 5.32 Å². The number of carbonyl (C=O) groups is 1. The van der Waals surface area contributed by atoms with Gasteiger partial charge in [-0.1, -0.05) is 18.2 Å². The Morgan fingerprint density at radius 2 is 1.81 bits per heavy atom. The highest BCUT2D eigenvalue weighted by molar-refractivity contribution is 5.95. The van der Waals surface area contributed by atoms with Crippen molar-refractivity contribution in [2.45, 2.75) is 12.3 Å². The lowest BCUT2D eigenvalue weighted by Crippen LogP contribution is -2.30. The van der Waals surface area contributed by atoms with E-state index in [9.17, 15) is 23.1 Å². The highest BCUT2D eigenvalue weighted by Gasteiger charge is 2.34. The molecule has 1 heterocycles. The van der Waals surface area contributed by atoms with Crippen LogP contribution < -0.4 is 14.8 Å². The van der Waals surface area contributed by atoms with Crippen molar-refractivity contribution in [2.75, 3.05) is 19.8 Å². The van der Waals surface area contributed by atoms with Gasteiger partial charge in [0.2, 0.25) is 0 Å². The number of hydrogen-bond donors (Lipinski definition) is 2. The van der Waals surface area contributed by atoms with Crippen LogP contribution in [0.5, 0.6) is 11.5 Å². The molecule has 26 heavy (non-hydrogen) atoms. The molecule has 0 saturated heterocycles. The maximum Gasteiger partial charge on any atom is 0.417 e. The maximum atomic E-state index is 13.0. The minimum Gasteiger partial charge on any atom is -0.486 e. The largest absolute Gasteiger partial charge is 0.486 e. The summed E-state index contributed by atoms with van der Waals surface area (Å²) in [5.41, 5.74) is -1.06. The predicted molar refractivity (Wildman–Crippen MR) is 86.2 cm³/mol. The van der Waals surface area contributed by atoms with Gasteiger partial charge < -0.3 is 19.9 Å². The molecule has 2 aromatic rings. The van der Waals surface area contributed by atoms with Gasteiger partial charge in [0.25, 0.3) is 5.91 Å². The number of ether oxygens (including phenoxy) is 2. The third-order valence-electron chi connectivity index (χ3n) is 3.88. The lowest BCUT2D eigenvalue weighted by atomic mass is 10.1. The van der Waals surface area contributed by atoms with Gasteiger partial charge in [0.05, 0.1) is 17.2 Å². The molecule has 0 bridgehead atoms. The zero-order chi connectivity index (χ0) is 18.7. The molecule has 1 amide bonds. The summed E-state index contributed by atoms with van der Waals surface area (Å²) in [6.45, 7) is 0.575. The van der Waals surface area contributed by atoms with E-state index in [2.05, 4.69) is 5.32 Å². The summed E-state index contributed by atoms with van der Waals surface area (Å²) in [5, 5.41) is 12.5. The Morgan fingerprint density at radius 1 is 1.12 bits per heavy atom. The first-order valence-electron chi connectivity index (χ1n) is 7.88. The predicted octanol–water partition coefficient (Wildman–Crippen LogP) is 2.94. The fourth-order valence-electron chi connectivity index (χ4n) is 2.60. The first kappa shape index (κ1) is 18.1. The molecular weight excluding hydrogens is 351 g/mol. The van der Waals surface area contributed by atoms with Gasteiger partial charge in [-0.2, -0.15) is 13.2 Å². The van der Waals surface area contributed by atoms with Gasteiger partial charge in [-0.15, -0.1) is 0 Å². The van der Waals surface area contributed by atoms with Crippen LogP contribution >= 0.6 is 0 Å². The van der Waals surface area contributed by atoms with Crippen LogP contribution in [0.2, 0.25) is 0 Å². The Bertz CT molecular complexity index is 807. The molecule has 8 heteroatoms. The molecule has 1 atom stereocenters. The summed E-state index contributed by atoms with van der Waals surface area (Å²) >= 11 is 0. The fourth-order valence-corrected chi connectivity index (χ4v) is 2.60. The third kappa shape index (κ3) is 3.91. The lowest BCUT2D eigenvalue weighted by Gasteiger charge is -2.20. The average Bonchev–Trinajstić information content (AvgIpc) is 2.64. The van der Waals surface area contributed by atoms with E-state index in [-0.39, 0.29) is 6.54 Å². The number of fused-ring (bicyclic) bond motifs is 1. The van der Waals surface area contributed by atoms with Crippen LogP contribution in [0.4, 0.5) is 13.2 Å². The van der Waals surface area contributed by atoms with E-state index in [1.807, 2.05) is 0 Å². The number of benzene rings is 2. The zero-order valence-corrected chi connectivity index (χ0v) is 13.5. The summed E-state index contributed by atoms with van der Waals surface area (Å²) in [7, 11) is 0. The van der Waals surface area contributed by atoms with Crippen molar-refractivity contribution in [1.29, 1.82) is 0 Å². The van der Waals surface area contributed by atoms with Crippen molar-refractivity contribution in [3.63, 3.8) is 0 Å². The average molecular weight is 367 g/mol. The van der Waals surface area contributed by atoms with Crippen LogP contribution in [0.15, 0.2) is 42.5 Å². The monoisotopic (exact) mass is 367 g/mol. The van der Waals surface area contributed by atoms with Crippen LogP contribution in [-0.4, -0.2) is 30.8 Å². The molecule has 5 nitrogen and oxygen atoms in total. The number of hydrogen-bond acceptors (Lipinski definition) is 4. The van der Waals surface area contributed by atoms with Gasteiger partial charge in [-0.05, 0) is 29.8 Å². The second kappa shape index (κ2) is 7.25. The molecule has 0 spiro atoms. The van der Waals surface area contributed by atoms with Crippen LogP contribution in [0, 0.1) is 0 Å². The van der Waals surface area contributed by atoms with Gasteiger partial charge in [-0.3, -0.25) is 4.79 Å². The number of rotatable bonds is 4. The van der Waals surface area contributed by atoms with Crippen molar-refractivity contribution in [2.24, 2.45) is 0 Å². The topological polar surface area (TPSA) is 67.8 Å². The summed E-state index contributed by atoms with van der Waals surface area (Å²) < 4.78 is 49.7. The smallest absolute Gasteiger partial charge is 0.417 e. The molecule has 2 aromatic carbocycles. The second-order valence-electron chi connectivity index (χ2n) is 5.67. The molecule has 0 saturated carbocycles. The Hall–Kier alpha value is -2.74. The van der Waals surface area contributed by atoms with Gasteiger partial charge in [-0.25, -0.2) is 0 Å². The summed E-state index contributed by atoms with van der Waals surface area (Å²) in [6.07, 6.45) is -5.74. The number of aliphatic hydroxyl groups excluding tert-OH is 1. The number of nitrogens with one attached hydrogen (secondary N) is 1. The van der Waals surface area contributed by atoms with E-state index >= 15 is 0 Å². The molecule has 0 aromatic heterocycles. The first-order valence-corrected chi connectivity index (χ1v) is 7.88. The number of halogens is 3. The number of carbonyl (C=O) groups excluding carboxylic acids is 1. The van der Waals surface area contributed by atoms with Crippen LogP contribution in [0.3, 0.4) is 0 Å². The minimum absolute atomic E-state index is 0.245. The van der Waals surface area contributed by atoms with Gasteiger partial charge in [0.1, 0.15) is 13.2 Å². The molecule has 1 aliphatic rings. The molecule has 2 N–H and O–H groups in total. The molecule has 1 unspecified atom stereocenters. The summed E-state index contributed by atoms with van der Waals surface area (Å²) in [4.78, 5) is 12.1.